The Bertz CT molecular complexity index is 2470. The van der Waals surface area contributed by atoms with Gasteiger partial charge in [-0.2, -0.15) is 0 Å². The monoisotopic (exact) mass is 1120 g/mol. The standard InChI is InChI=1S/C56H80N6O18/c1-12-39(75-8)44(49(65)59-25-14-24-57-47(63)32-16-20-34(21-17-32)60(4)5)37(52(68)69)29-41(77-10)45-36(50(66)62(51(45)67)27-15-26-58-48(64)33-18-22-35(23-19-33)61(6)7)28-42(78-11)46(55(73)79-13-2)38(53(70)71)30-40(76-9)43-31(3)54(72)80-56(43)74/h16-23,31,36-46H,12-15,24-30H2,1-11H3,(H,57,63)(H,58,64)(H,59,65)(H,68,69)(H,70,71). The molecule has 12 atom stereocenters. The highest BCUT2D eigenvalue weighted by Crippen LogP contribution is 2.41. The van der Waals surface area contributed by atoms with Crippen molar-refractivity contribution in [3.63, 3.8) is 0 Å². The number of cyclic esters (lactones) is 2. The van der Waals surface area contributed by atoms with E-state index in [1.165, 1.54) is 35.2 Å². The number of amides is 5. The largest absolute Gasteiger partial charge is 0.481 e. The molecule has 0 spiro atoms. The van der Waals surface area contributed by atoms with Crippen molar-refractivity contribution >= 4 is 70.8 Å². The number of ether oxygens (including phenoxy) is 6. The lowest BCUT2D eigenvalue weighted by Crippen LogP contribution is -2.48. The van der Waals surface area contributed by atoms with Gasteiger partial charge in [-0.25, -0.2) is 0 Å². The van der Waals surface area contributed by atoms with Gasteiger partial charge in [-0.3, -0.25) is 52.8 Å². The average molecular weight is 1130 g/mol. The lowest BCUT2D eigenvalue weighted by Gasteiger charge is -2.35. The third-order valence-corrected chi connectivity index (χ3v) is 15.1. The van der Waals surface area contributed by atoms with E-state index in [2.05, 4.69) is 16.0 Å². The molecule has 2 saturated heterocycles. The Labute approximate surface area is 466 Å². The number of hydrogen-bond acceptors (Lipinski definition) is 18. The van der Waals surface area contributed by atoms with E-state index in [9.17, 15) is 58.2 Å². The molecule has 5 amide bonds. The summed E-state index contributed by atoms with van der Waals surface area (Å²) in [5.41, 5.74) is 2.57. The molecule has 5 N–H and O–H groups in total. The Hall–Kier alpha value is -7.02. The van der Waals surface area contributed by atoms with Gasteiger partial charge in [0.05, 0.1) is 78.4 Å². The lowest BCUT2D eigenvalue weighted by molar-refractivity contribution is -0.168. The van der Waals surface area contributed by atoms with Crippen molar-refractivity contribution in [1.82, 2.24) is 20.9 Å². The zero-order chi connectivity index (χ0) is 59.5. The van der Waals surface area contributed by atoms with Crippen LogP contribution in [0, 0.1) is 47.3 Å². The first kappa shape index (κ1) is 65.5. The molecule has 0 saturated carbocycles. The SMILES string of the molecule is CCOC(=O)C(C(CC1C(=O)N(CCCNC(=O)c2ccc(N(C)C)cc2)C(=O)C1C(CC(C(=O)O)C(C(=O)NCCCNC(=O)c1ccc(N(C)C)cc1)C(CC)OC)OC)OC)C(CC(OC)C1C(=O)OC(=O)C1C)C(=O)O. The minimum absolute atomic E-state index is 0.00418. The highest BCUT2D eigenvalue weighted by molar-refractivity contribution is 6.05. The van der Waals surface area contributed by atoms with Crippen LogP contribution in [0.5, 0.6) is 0 Å². The van der Waals surface area contributed by atoms with E-state index >= 15 is 0 Å². The smallest absolute Gasteiger partial charge is 0.320 e. The summed E-state index contributed by atoms with van der Waals surface area (Å²) >= 11 is 0. The van der Waals surface area contributed by atoms with Crippen molar-refractivity contribution < 1.29 is 86.6 Å². The van der Waals surface area contributed by atoms with Gasteiger partial charge < -0.3 is 64.4 Å². The van der Waals surface area contributed by atoms with Crippen LogP contribution in [0.3, 0.4) is 0 Å². The number of carboxylic acid groups (broad SMARTS) is 2. The Kier molecular flexibility index (Phi) is 25.5. The number of hydrogen-bond donors (Lipinski definition) is 5. The minimum Gasteiger partial charge on any atom is -0.481 e. The van der Waals surface area contributed by atoms with Crippen LogP contribution in [0.25, 0.3) is 0 Å². The number of carbonyl (C=O) groups is 10. The summed E-state index contributed by atoms with van der Waals surface area (Å²) in [5, 5.41) is 30.1. The lowest BCUT2D eigenvalue weighted by atomic mass is 9.74. The number of benzene rings is 2. The van der Waals surface area contributed by atoms with Crippen LogP contribution in [0.15, 0.2) is 48.5 Å². The second-order valence-electron chi connectivity index (χ2n) is 20.3. The second-order valence-corrected chi connectivity index (χ2v) is 20.3. The van der Waals surface area contributed by atoms with Gasteiger partial charge in [0.15, 0.2) is 0 Å². The van der Waals surface area contributed by atoms with E-state index in [0.29, 0.717) is 11.1 Å². The number of esters is 3. The summed E-state index contributed by atoms with van der Waals surface area (Å²) in [6.45, 7) is 4.32. The third kappa shape index (κ3) is 16.5. The molecular formula is C56H80N6O18. The maximum Gasteiger partial charge on any atom is 0.320 e. The number of methoxy groups -OCH3 is 4. The number of nitrogens with zero attached hydrogens (tertiary/aromatic N) is 3. The molecule has 0 radical (unpaired) electrons. The molecule has 0 bridgehead atoms. The molecule has 0 aromatic heterocycles. The number of nitrogens with one attached hydrogen (secondary N) is 3. The molecule has 2 fully saturated rings. The Morgan fingerprint density at radius 2 is 1.10 bits per heavy atom. The Balaban J connectivity index is 1.68. The minimum atomic E-state index is -1.75. The van der Waals surface area contributed by atoms with Crippen LogP contribution >= 0.6 is 0 Å². The van der Waals surface area contributed by atoms with Gasteiger partial charge in [-0.05, 0) is 94.0 Å². The maximum absolute atomic E-state index is 14.9. The molecule has 2 aromatic rings. The summed E-state index contributed by atoms with van der Waals surface area (Å²) in [6, 6.07) is 13.8. The summed E-state index contributed by atoms with van der Waals surface area (Å²) in [4.78, 5) is 141. The molecule has 2 aliphatic heterocycles. The van der Waals surface area contributed by atoms with E-state index < -0.39 is 144 Å². The Morgan fingerprint density at radius 1 is 0.625 bits per heavy atom. The molecule has 80 heavy (non-hydrogen) atoms. The number of aliphatic carboxylic acids is 2. The number of likely N-dealkylation sites (tertiary alicyclic amines) is 1. The van der Waals surface area contributed by atoms with E-state index in [0.717, 1.165) is 23.4 Å². The van der Waals surface area contributed by atoms with Crippen molar-refractivity contribution in [1.29, 1.82) is 0 Å². The first-order valence-corrected chi connectivity index (χ1v) is 26.7. The Morgan fingerprint density at radius 3 is 1.52 bits per heavy atom. The molecule has 24 heteroatoms. The number of imide groups is 1. The molecule has 12 unspecified atom stereocenters. The normalized spacial score (nSPS) is 20.1. The van der Waals surface area contributed by atoms with Gasteiger partial charge in [-0.1, -0.05) is 13.8 Å². The summed E-state index contributed by atoms with van der Waals surface area (Å²) in [7, 11) is 12.3. The predicted molar refractivity (Wildman–Crippen MR) is 289 cm³/mol. The van der Waals surface area contributed by atoms with Gasteiger partial charge >= 0.3 is 29.8 Å². The molecule has 24 nitrogen and oxygen atoms in total. The summed E-state index contributed by atoms with van der Waals surface area (Å²) in [5.74, 6) is -20.7. The van der Waals surface area contributed by atoms with Gasteiger partial charge in [-0.15, -0.1) is 0 Å². The fourth-order valence-corrected chi connectivity index (χ4v) is 10.6. The fourth-order valence-electron chi connectivity index (χ4n) is 10.6. The van der Waals surface area contributed by atoms with Gasteiger partial charge in [0, 0.05) is 105 Å². The van der Waals surface area contributed by atoms with Gasteiger partial charge in [0.25, 0.3) is 11.8 Å². The molecule has 442 valence electrons. The van der Waals surface area contributed by atoms with Crippen molar-refractivity contribution in [2.75, 3.05) is 99.2 Å². The molecule has 4 rings (SSSR count). The zero-order valence-corrected chi connectivity index (χ0v) is 47.6. The quantitative estimate of drug-likeness (QED) is 0.0291. The molecule has 2 heterocycles. The third-order valence-electron chi connectivity index (χ3n) is 15.1. The van der Waals surface area contributed by atoms with E-state index in [1.807, 2.05) is 38.0 Å². The predicted octanol–water partition coefficient (Wildman–Crippen LogP) is 2.65. The van der Waals surface area contributed by atoms with Crippen LogP contribution in [0.2, 0.25) is 0 Å². The van der Waals surface area contributed by atoms with Crippen LogP contribution in [0.4, 0.5) is 11.4 Å². The first-order valence-electron chi connectivity index (χ1n) is 26.7. The molecule has 2 aliphatic rings. The van der Waals surface area contributed by atoms with Gasteiger partial charge in [0.1, 0.15) is 0 Å². The van der Waals surface area contributed by atoms with Crippen molar-refractivity contribution in [2.24, 2.45) is 47.3 Å². The number of rotatable bonds is 34. The van der Waals surface area contributed by atoms with Crippen LogP contribution in [0.1, 0.15) is 80.0 Å². The number of carboxylic acids is 2. The second kappa shape index (κ2) is 31.1. The highest BCUT2D eigenvalue weighted by atomic mass is 16.6. The van der Waals surface area contributed by atoms with Crippen LogP contribution < -0.4 is 25.8 Å². The number of anilines is 2. The van der Waals surface area contributed by atoms with E-state index in [-0.39, 0.29) is 58.0 Å². The summed E-state index contributed by atoms with van der Waals surface area (Å²) in [6.07, 6.45) is -6.35. The van der Waals surface area contributed by atoms with E-state index in [1.54, 1.807) is 55.5 Å². The first-order chi connectivity index (χ1) is 38.0. The molecular weight excluding hydrogens is 1040 g/mol. The van der Waals surface area contributed by atoms with Crippen LogP contribution in [-0.4, -0.2) is 188 Å². The topological polar surface area (TPSA) is 312 Å². The average Bonchev–Trinajstić information content (AvgIpc) is 3.84. The fraction of sp³-hybridized carbons (Fsp3) is 0.607. The van der Waals surface area contributed by atoms with Crippen molar-refractivity contribution in [3.05, 3.63) is 59.7 Å². The van der Waals surface area contributed by atoms with Crippen molar-refractivity contribution in [3.8, 4) is 0 Å². The summed E-state index contributed by atoms with van der Waals surface area (Å²) < 4.78 is 33.3. The highest BCUT2D eigenvalue weighted by Gasteiger charge is 2.56. The number of carbonyl (C=O) groups excluding carboxylic acids is 8. The van der Waals surface area contributed by atoms with Crippen LogP contribution in [-0.2, 0) is 66.8 Å². The van der Waals surface area contributed by atoms with Gasteiger partial charge in [0.2, 0.25) is 17.7 Å². The zero-order valence-electron chi connectivity index (χ0n) is 47.6. The maximum atomic E-state index is 14.9. The van der Waals surface area contributed by atoms with Crippen molar-refractivity contribution in [2.45, 2.75) is 83.7 Å². The molecule has 0 aliphatic carbocycles. The molecule has 2 aromatic carbocycles. The van der Waals surface area contributed by atoms with E-state index in [4.69, 9.17) is 28.4 Å².